The molecule has 20 heavy (non-hydrogen) atoms. The molecule has 1 aliphatic rings. The van der Waals surface area contributed by atoms with Gasteiger partial charge >= 0.3 is 0 Å². The monoisotopic (exact) mass is 274 g/mol. The van der Waals surface area contributed by atoms with Crippen LogP contribution in [0.1, 0.15) is 38.2 Å². The summed E-state index contributed by atoms with van der Waals surface area (Å²) in [4.78, 5) is 16.5. The molecule has 110 valence electrons. The average molecular weight is 274 g/mol. The fourth-order valence-electron chi connectivity index (χ4n) is 3.21. The van der Waals surface area contributed by atoms with Gasteiger partial charge in [0.2, 0.25) is 5.91 Å². The van der Waals surface area contributed by atoms with Gasteiger partial charge in [0.1, 0.15) is 0 Å². The molecule has 1 amide bonds. The third kappa shape index (κ3) is 3.21. The van der Waals surface area contributed by atoms with Crippen molar-refractivity contribution in [1.82, 2.24) is 9.80 Å². The molecular formula is C17H26N2O. The quantitative estimate of drug-likeness (QED) is 0.824. The first-order valence-corrected chi connectivity index (χ1v) is 7.70. The average Bonchev–Trinajstić information content (AvgIpc) is 2.93. The zero-order valence-corrected chi connectivity index (χ0v) is 12.9. The molecule has 0 saturated carbocycles. The van der Waals surface area contributed by atoms with Gasteiger partial charge in [-0.3, -0.25) is 4.79 Å². The van der Waals surface area contributed by atoms with Crippen LogP contribution >= 0.6 is 0 Å². The highest BCUT2D eigenvalue weighted by molar-refractivity contribution is 5.76. The molecule has 0 aromatic heterocycles. The van der Waals surface area contributed by atoms with Crippen molar-refractivity contribution in [1.29, 1.82) is 0 Å². The van der Waals surface area contributed by atoms with Crippen molar-refractivity contribution < 1.29 is 4.79 Å². The van der Waals surface area contributed by atoms with E-state index in [1.165, 1.54) is 5.56 Å². The summed E-state index contributed by atoms with van der Waals surface area (Å²) in [6.07, 6.45) is 1.75. The second-order valence-corrected chi connectivity index (χ2v) is 5.72. The van der Waals surface area contributed by atoms with Crippen LogP contribution in [0.15, 0.2) is 30.3 Å². The SMILES string of the molecule is CCCN(C)[C@H]1CN(C(=O)CC)C[C@@H]1c1ccccc1. The van der Waals surface area contributed by atoms with E-state index in [1.54, 1.807) is 0 Å². The van der Waals surface area contributed by atoms with Crippen LogP contribution in [-0.4, -0.2) is 48.4 Å². The Hall–Kier alpha value is -1.35. The summed E-state index contributed by atoms with van der Waals surface area (Å²) in [5.41, 5.74) is 1.35. The summed E-state index contributed by atoms with van der Waals surface area (Å²) in [5.74, 6) is 0.710. The number of likely N-dealkylation sites (N-methyl/N-ethyl adjacent to an activating group) is 1. The lowest BCUT2D eigenvalue weighted by atomic mass is 9.93. The summed E-state index contributed by atoms with van der Waals surface area (Å²) >= 11 is 0. The molecule has 2 atom stereocenters. The van der Waals surface area contributed by atoms with Crippen LogP contribution in [0.5, 0.6) is 0 Å². The van der Waals surface area contributed by atoms with Crippen molar-refractivity contribution in [3.8, 4) is 0 Å². The zero-order chi connectivity index (χ0) is 14.5. The van der Waals surface area contributed by atoms with E-state index >= 15 is 0 Å². The van der Waals surface area contributed by atoms with E-state index in [-0.39, 0.29) is 5.91 Å². The topological polar surface area (TPSA) is 23.6 Å². The second-order valence-electron chi connectivity index (χ2n) is 5.72. The minimum Gasteiger partial charge on any atom is -0.340 e. The number of hydrogen-bond donors (Lipinski definition) is 0. The smallest absolute Gasteiger partial charge is 0.222 e. The van der Waals surface area contributed by atoms with Gasteiger partial charge in [0.25, 0.3) is 0 Å². The van der Waals surface area contributed by atoms with Gasteiger partial charge in [-0.1, -0.05) is 44.2 Å². The molecule has 1 heterocycles. The number of amides is 1. The molecule has 0 bridgehead atoms. The predicted octanol–water partition coefficient (Wildman–Crippen LogP) is 2.73. The molecule has 0 unspecified atom stereocenters. The van der Waals surface area contributed by atoms with Gasteiger partial charge in [0.05, 0.1) is 0 Å². The number of likely N-dealkylation sites (tertiary alicyclic amines) is 1. The van der Waals surface area contributed by atoms with E-state index in [9.17, 15) is 4.79 Å². The molecule has 1 fully saturated rings. The van der Waals surface area contributed by atoms with Gasteiger partial charge in [0, 0.05) is 31.5 Å². The van der Waals surface area contributed by atoms with E-state index in [4.69, 9.17) is 0 Å². The highest BCUT2D eigenvalue weighted by atomic mass is 16.2. The van der Waals surface area contributed by atoms with Crippen molar-refractivity contribution in [2.75, 3.05) is 26.7 Å². The summed E-state index contributed by atoms with van der Waals surface area (Å²) < 4.78 is 0. The molecule has 0 N–H and O–H groups in total. The number of hydrogen-bond acceptors (Lipinski definition) is 2. The number of benzene rings is 1. The molecule has 0 radical (unpaired) electrons. The van der Waals surface area contributed by atoms with Crippen LogP contribution in [-0.2, 0) is 4.79 Å². The molecule has 2 rings (SSSR count). The lowest BCUT2D eigenvalue weighted by Crippen LogP contribution is -2.38. The molecule has 1 aliphatic heterocycles. The van der Waals surface area contributed by atoms with Crippen molar-refractivity contribution in [2.45, 2.75) is 38.6 Å². The number of rotatable bonds is 5. The van der Waals surface area contributed by atoms with Crippen LogP contribution in [0.4, 0.5) is 0 Å². The Morgan fingerprint density at radius 3 is 2.55 bits per heavy atom. The molecule has 1 aromatic rings. The van der Waals surface area contributed by atoms with Gasteiger partial charge in [-0.05, 0) is 25.6 Å². The Morgan fingerprint density at radius 2 is 1.95 bits per heavy atom. The Balaban J connectivity index is 2.19. The minimum atomic E-state index is 0.276. The fourth-order valence-corrected chi connectivity index (χ4v) is 3.21. The number of nitrogens with zero attached hydrogens (tertiary/aromatic N) is 2. The number of carbonyl (C=O) groups excluding carboxylic acids is 1. The predicted molar refractivity (Wildman–Crippen MR) is 82.8 cm³/mol. The van der Waals surface area contributed by atoms with Crippen LogP contribution in [0.25, 0.3) is 0 Å². The fraction of sp³-hybridized carbons (Fsp3) is 0.588. The van der Waals surface area contributed by atoms with Gasteiger partial charge in [-0.15, -0.1) is 0 Å². The third-order valence-corrected chi connectivity index (χ3v) is 4.31. The second kappa shape index (κ2) is 6.89. The summed E-state index contributed by atoms with van der Waals surface area (Å²) in [6.45, 7) is 6.96. The lowest BCUT2D eigenvalue weighted by Gasteiger charge is -2.28. The Kier molecular flexibility index (Phi) is 5.18. The van der Waals surface area contributed by atoms with Crippen LogP contribution in [0.3, 0.4) is 0 Å². The van der Waals surface area contributed by atoms with Gasteiger partial charge in [0.15, 0.2) is 0 Å². The minimum absolute atomic E-state index is 0.276. The van der Waals surface area contributed by atoms with Gasteiger partial charge in [-0.2, -0.15) is 0 Å². The van der Waals surface area contributed by atoms with E-state index in [0.29, 0.717) is 18.4 Å². The van der Waals surface area contributed by atoms with Crippen molar-refractivity contribution >= 4 is 5.91 Å². The van der Waals surface area contributed by atoms with Crippen molar-refractivity contribution in [3.05, 3.63) is 35.9 Å². The molecule has 3 heteroatoms. The summed E-state index contributed by atoms with van der Waals surface area (Å²) in [5, 5.41) is 0. The van der Waals surface area contributed by atoms with E-state index in [2.05, 4.69) is 49.2 Å². The maximum Gasteiger partial charge on any atom is 0.222 e. The normalized spacial score (nSPS) is 22.5. The third-order valence-electron chi connectivity index (χ3n) is 4.31. The van der Waals surface area contributed by atoms with Gasteiger partial charge < -0.3 is 9.80 Å². The first-order valence-electron chi connectivity index (χ1n) is 7.70. The molecule has 0 spiro atoms. The first kappa shape index (κ1) is 15.0. The molecular weight excluding hydrogens is 248 g/mol. The Morgan fingerprint density at radius 1 is 1.25 bits per heavy atom. The van der Waals surface area contributed by atoms with Crippen molar-refractivity contribution in [2.24, 2.45) is 0 Å². The first-order chi connectivity index (χ1) is 9.67. The molecule has 1 saturated heterocycles. The maximum atomic E-state index is 12.0. The molecule has 1 aromatic carbocycles. The summed E-state index contributed by atoms with van der Waals surface area (Å²) in [6, 6.07) is 11.1. The van der Waals surface area contributed by atoms with Crippen LogP contribution in [0, 0.1) is 0 Å². The highest BCUT2D eigenvalue weighted by Gasteiger charge is 2.37. The van der Waals surface area contributed by atoms with E-state index < -0.39 is 0 Å². The van der Waals surface area contributed by atoms with E-state index in [1.807, 2.05) is 11.8 Å². The molecule has 0 aliphatic carbocycles. The standard InChI is InChI=1S/C17H26N2O/c1-4-11-18(3)16-13-19(17(20)5-2)12-15(16)14-9-7-6-8-10-14/h6-10,15-16H,4-5,11-13H2,1-3H3/t15-,16+/m1/s1. The molecule has 3 nitrogen and oxygen atoms in total. The Bertz CT molecular complexity index is 432. The lowest BCUT2D eigenvalue weighted by molar-refractivity contribution is -0.130. The van der Waals surface area contributed by atoms with E-state index in [0.717, 1.165) is 26.1 Å². The van der Waals surface area contributed by atoms with Crippen molar-refractivity contribution in [3.63, 3.8) is 0 Å². The van der Waals surface area contributed by atoms with Crippen LogP contribution < -0.4 is 0 Å². The Labute approximate surface area is 122 Å². The highest BCUT2D eigenvalue weighted by Crippen LogP contribution is 2.31. The van der Waals surface area contributed by atoms with Crippen LogP contribution in [0.2, 0.25) is 0 Å². The number of carbonyl (C=O) groups is 1. The maximum absolute atomic E-state index is 12.0. The van der Waals surface area contributed by atoms with Gasteiger partial charge in [-0.25, -0.2) is 0 Å². The summed E-state index contributed by atoms with van der Waals surface area (Å²) in [7, 11) is 2.18. The zero-order valence-electron chi connectivity index (χ0n) is 12.9. The largest absolute Gasteiger partial charge is 0.340 e.